The van der Waals surface area contributed by atoms with Crippen LogP contribution in [0.3, 0.4) is 0 Å². The molecule has 0 fully saturated rings. The first kappa shape index (κ1) is 21.3. The zero-order valence-electron chi connectivity index (χ0n) is 16.4. The Morgan fingerprint density at radius 2 is 1.89 bits per heavy atom. The summed E-state index contributed by atoms with van der Waals surface area (Å²) in [5, 5.41) is 19.8. The van der Waals surface area contributed by atoms with Crippen LogP contribution < -0.4 is 10.6 Å². The molecule has 0 saturated heterocycles. The van der Waals surface area contributed by atoms with Gasteiger partial charge in [0.1, 0.15) is 5.75 Å². The Hall–Kier alpha value is -2.05. The summed E-state index contributed by atoms with van der Waals surface area (Å²) in [5.74, 6) is 0.269. The number of carbonyl (C=O) groups is 1. The van der Waals surface area contributed by atoms with Crippen LogP contribution in [0.1, 0.15) is 30.9 Å². The Morgan fingerprint density at radius 1 is 1.15 bits per heavy atom. The number of aromatic hydroxyl groups is 1. The minimum atomic E-state index is -0.110. The van der Waals surface area contributed by atoms with Crippen LogP contribution in [0.4, 0.5) is 4.79 Å². The number of thiophene rings is 1. The Morgan fingerprint density at radius 3 is 2.48 bits per heavy atom. The van der Waals surface area contributed by atoms with Crippen LogP contribution >= 0.6 is 11.3 Å². The van der Waals surface area contributed by atoms with E-state index in [4.69, 9.17) is 0 Å². The molecule has 2 rings (SSSR count). The first-order valence-corrected chi connectivity index (χ1v) is 10.4. The molecule has 0 spiro atoms. The van der Waals surface area contributed by atoms with E-state index < -0.39 is 0 Å². The number of nitrogens with zero attached hydrogens (tertiary/aromatic N) is 1. The number of carbonyl (C=O) groups excluding carboxylic acids is 1. The molecule has 148 valence electrons. The number of hydrogen-bond donors (Lipinski definition) is 3. The lowest BCUT2D eigenvalue weighted by molar-refractivity contribution is 0.227. The summed E-state index contributed by atoms with van der Waals surface area (Å²) in [7, 11) is 4.03. The molecule has 2 atom stereocenters. The molecule has 2 amide bonds. The van der Waals surface area contributed by atoms with Gasteiger partial charge in [0, 0.05) is 18.6 Å². The highest BCUT2D eigenvalue weighted by Gasteiger charge is 2.16. The average Bonchev–Trinajstić information content (AvgIpc) is 3.13. The van der Waals surface area contributed by atoms with Crippen LogP contribution in [0, 0.1) is 0 Å². The van der Waals surface area contributed by atoms with E-state index >= 15 is 0 Å². The van der Waals surface area contributed by atoms with E-state index in [0.717, 1.165) is 31.2 Å². The molecule has 1 aromatic carbocycles. The lowest BCUT2D eigenvalue weighted by Crippen LogP contribution is -2.48. The number of urea groups is 1. The molecule has 0 aliphatic carbocycles. The maximum Gasteiger partial charge on any atom is 0.315 e. The van der Waals surface area contributed by atoms with Gasteiger partial charge in [0.15, 0.2) is 0 Å². The normalized spacial score (nSPS) is 13.3. The second-order valence-corrected chi connectivity index (χ2v) is 7.94. The van der Waals surface area contributed by atoms with Gasteiger partial charge in [0.2, 0.25) is 0 Å². The SMILES string of the molecule is CCC[C@@H](Cc1ccsc1)NC(=O)NC[C@H](Cc1ccc(O)cc1)N(C)C. The Balaban J connectivity index is 1.85. The number of benzene rings is 1. The Bertz CT molecular complexity index is 671. The molecule has 0 saturated carbocycles. The van der Waals surface area contributed by atoms with Gasteiger partial charge in [0.05, 0.1) is 0 Å². The van der Waals surface area contributed by atoms with Gasteiger partial charge in [-0.1, -0.05) is 25.5 Å². The molecular weight excluding hydrogens is 358 g/mol. The van der Waals surface area contributed by atoms with Crippen molar-refractivity contribution < 1.29 is 9.90 Å². The van der Waals surface area contributed by atoms with E-state index in [2.05, 4.69) is 39.3 Å². The number of phenols is 1. The Kier molecular flexibility index (Phi) is 8.61. The van der Waals surface area contributed by atoms with Gasteiger partial charge in [-0.25, -0.2) is 4.79 Å². The molecule has 0 radical (unpaired) electrons. The van der Waals surface area contributed by atoms with Crippen LogP contribution in [0.25, 0.3) is 0 Å². The van der Waals surface area contributed by atoms with Gasteiger partial charge in [0.25, 0.3) is 0 Å². The standard InChI is InChI=1S/C21H31N3O2S/c1-4-5-18(12-17-10-11-27-15-17)23-21(26)22-14-19(24(2)3)13-16-6-8-20(25)9-7-16/h6-11,15,18-19,25H,4-5,12-14H2,1-3H3,(H2,22,23,26)/t18-,19-/m0/s1. The zero-order chi connectivity index (χ0) is 19.6. The molecule has 3 N–H and O–H groups in total. The predicted molar refractivity (Wildman–Crippen MR) is 113 cm³/mol. The summed E-state index contributed by atoms with van der Waals surface area (Å²) in [5.41, 5.74) is 2.41. The first-order valence-electron chi connectivity index (χ1n) is 9.47. The van der Waals surface area contributed by atoms with Gasteiger partial charge in [-0.05, 0) is 73.4 Å². The fourth-order valence-electron chi connectivity index (χ4n) is 3.06. The molecule has 1 heterocycles. The van der Waals surface area contributed by atoms with E-state index in [1.54, 1.807) is 23.5 Å². The van der Waals surface area contributed by atoms with Crippen molar-refractivity contribution in [2.24, 2.45) is 0 Å². The lowest BCUT2D eigenvalue weighted by Gasteiger charge is -2.26. The average molecular weight is 390 g/mol. The highest BCUT2D eigenvalue weighted by molar-refractivity contribution is 7.07. The van der Waals surface area contributed by atoms with E-state index in [9.17, 15) is 9.90 Å². The van der Waals surface area contributed by atoms with Gasteiger partial charge < -0.3 is 20.6 Å². The highest BCUT2D eigenvalue weighted by atomic mass is 32.1. The van der Waals surface area contributed by atoms with Crippen molar-refractivity contribution in [2.45, 2.75) is 44.7 Å². The third kappa shape index (κ3) is 7.61. The van der Waals surface area contributed by atoms with E-state index in [-0.39, 0.29) is 23.9 Å². The predicted octanol–water partition coefficient (Wildman–Crippen LogP) is 3.64. The first-order chi connectivity index (χ1) is 13.0. The third-order valence-corrected chi connectivity index (χ3v) is 5.40. The summed E-state index contributed by atoms with van der Waals surface area (Å²) < 4.78 is 0. The summed E-state index contributed by atoms with van der Waals surface area (Å²) in [4.78, 5) is 14.5. The maximum atomic E-state index is 12.4. The second kappa shape index (κ2) is 10.9. The van der Waals surface area contributed by atoms with Crippen molar-refractivity contribution in [2.75, 3.05) is 20.6 Å². The van der Waals surface area contributed by atoms with Crippen LogP contribution in [0.15, 0.2) is 41.1 Å². The van der Waals surface area contributed by atoms with Gasteiger partial charge >= 0.3 is 6.03 Å². The van der Waals surface area contributed by atoms with Crippen LogP contribution in [-0.2, 0) is 12.8 Å². The van der Waals surface area contributed by atoms with Crippen molar-refractivity contribution in [1.29, 1.82) is 0 Å². The lowest BCUT2D eigenvalue weighted by atomic mass is 10.0. The summed E-state index contributed by atoms with van der Waals surface area (Å²) in [6, 6.07) is 9.58. The number of likely N-dealkylation sites (N-methyl/N-ethyl adjacent to an activating group) is 1. The van der Waals surface area contributed by atoms with E-state index in [1.807, 2.05) is 26.2 Å². The molecule has 0 unspecified atom stereocenters. The van der Waals surface area contributed by atoms with Crippen LogP contribution in [-0.4, -0.2) is 48.8 Å². The number of amides is 2. The Labute approximate surface area is 166 Å². The minimum absolute atomic E-state index is 0.110. The minimum Gasteiger partial charge on any atom is -0.508 e. The van der Waals surface area contributed by atoms with Gasteiger partial charge in [-0.15, -0.1) is 0 Å². The zero-order valence-corrected chi connectivity index (χ0v) is 17.3. The van der Waals surface area contributed by atoms with Crippen molar-refractivity contribution in [3.8, 4) is 5.75 Å². The molecule has 6 heteroatoms. The quantitative estimate of drug-likeness (QED) is 0.581. The number of phenolic OH excluding ortho intramolecular Hbond substituents is 1. The van der Waals surface area contributed by atoms with Crippen LogP contribution in [0.2, 0.25) is 0 Å². The molecular formula is C21H31N3O2S. The van der Waals surface area contributed by atoms with E-state index in [0.29, 0.717) is 6.54 Å². The summed E-state index contributed by atoms with van der Waals surface area (Å²) in [6.45, 7) is 2.71. The van der Waals surface area contributed by atoms with Gasteiger partial charge in [-0.2, -0.15) is 11.3 Å². The summed E-state index contributed by atoms with van der Waals surface area (Å²) >= 11 is 1.69. The molecule has 0 aliphatic heterocycles. The van der Waals surface area contributed by atoms with Crippen molar-refractivity contribution >= 4 is 17.4 Å². The van der Waals surface area contributed by atoms with Crippen molar-refractivity contribution in [1.82, 2.24) is 15.5 Å². The van der Waals surface area contributed by atoms with Crippen molar-refractivity contribution in [3.63, 3.8) is 0 Å². The molecule has 0 aliphatic rings. The van der Waals surface area contributed by atoms with Gasteiger partial charge in [-0.3, -0.25) is 0 Å². The fourth-order valence-corrected chi connectivity index (χ4v) is 3.74. The van der Waals surface area contributed by atoms with E-state index in [1.165, 1.54) is 5.56 Å². The summed E-state index contributed by atoms with van der Waals surface area (Å²) in [6.07, 6.45) is 3.68. The molecule has 0 bridgehead atoms. The number of nitrogens with one attached hydrogen (secondary N) is 2. The second-order valence-electron chi connectivity index (χ2n) is 7.16. The fraction of sp³-hybridized carbons (Fsp3) is 0.476. The molecule has 1 aromatic heterocycles. The highest BCUT2D eigenvalue weighted by Crippen LogP contribution is 2.13. The number of rotatable bonds is 10. The van der Waals surface area contributed by atoms with Crippen molar-refractivity contribution in [3.05, 3.63) is 52.2 Å². The number of hydrogen-bond acceptors (Lipinski definition) is 4. The molecule has 5 nitrogen and oxygen atoms in total. The van der Waals surface area contributed by atoms with Crippen LogP contribution in [0.5, 0.6) is 5.75 Å². The topological polar surface area (TPSA) is 64.6 Å². The molecule has 2 aromatic rings. The smallest absolute Gasteiger partial charge is 0.315 e. The molecule has 27 heavy (non-hydrogen) atoms. The third-order valence-electron chi connectivity index (χ3n) is 4.67. The maximum absolute atomic E-state index is 12.4. The largest absolute Gasteiger partial charge is 0.508 e. The monoisotopic (exact) mass is 389 g/mol.